The highest BCUT2D eigenvalue weighted by Crippen LogP contribution is 2.22. The van der Waals surface area contributed by atoms with Crippen molar-refractivity contribution in [1.29, 1.82) is 0 Å². The Morgan fingerprint density at radius 2 is 2.07 bits per heavy atom. The van der Waals surface area contributed by atoms with Crippen molar-refractivity contribution in [1.82, 2.24) is 15.2 Å². The van der Waals surface area contributed by atoms with E-state index in [-0.39, 0.29) is 41.0 Å². The Balaban J connectivity index is 1.90. The molecule has 2 N–H and O–H groups in total. The molecular weight excluding hydrogens is 377 g/mol. The Kier molecular flexibility index (Phi) is 6.55. The number of rotatable bonds is 8. The second kappa shape index (κ2) is 8.49. The molecule has 0 aliphatic heterocycles. The zero-order valence-electron chi connectivity index (χ0n) is 15.5. The zero-order valence-corrected chi connectivity index (χ0v) is 16.3. The van der Waals surface area contributed by atoms with Crippen LogP contribution in [0.2, 0.25) is 0 Å². The molecule has 1 amide bonds. The summed E-state index contributed by atoms with van der Waals surface area (Å²) in [6.45, 7) is 4.62. The molecule has 1 aromatic heterocycles. The van der Waals surface area contributed by atoms with Crippen LogP contribution in [0.4, 0.5) is 4.39 Å². The molecule has 0 aliphatic carbocycles. The molecule has 0 fully saturated rings. The number of nitrogens with one attached hydrogen (secondary N) is 2. The van der Waals surface area contributed by atoms with E-state index in [1.807, 2.05) is 0 Å². The third-order valence-electron chi connectivity index (χ3n) is 3.93. The van der Waals surface area contributed by atoms with Gasteiger partial charge in [0.1, 0.15) is 10.6 Å². The fourth-order valence-corrected chi connectivity index (χ4v) is 3.94. The van der Waals surface area contributed by atoms with E-state index in [2.05, 4.69) is 15.2 Å². The molecule has 10 heteroatoms. The number of benzene rings is 1. The molecule has 0 bridgehead atoms. The number of carbonyl (C=O) groups is 1. The molecule has 0 radical (unpaired) electrons. The SMILES string of the molecule is COc1ccc([C@@H](C)NC(=O)CCNS(=O)(=O)c2c(C)noc2C)cc1F. The van der Waals surface area contributed by atoms with Gasteiger partial charge in [0.2, 0.25) is 15.9 Å². The minimum absolute atomic E-state index is 0.0232. The van der Waals surface area contributed by atoms with Crippen LogP contribution < -0.4 is 14.8 Å². The number of amides is 1. The highest BCUT2D eigenvalue weighted by atomic mass is 32.2. The van der Waals surface area contributed by atoms with Crippen molar-refractivity contribution in [2.45, 2.75) is 38.1 Å². The minimum atomic E-state index is -3.82. The fraction of sp³-hybridized carbons (Fsp3) is 0.412. The van der Waals surface area contributed by atoms with Crippen molar-refractivity contribution in [3.63, 3.8) is 0 Å². The van der Waals surface area contributed by atoms with Crippen molar-refractivity contribution in [2.24, 2.45) is 0 Å². The first kappa shape index (κ1) is 20.8. The molecule has 1 heterocycles. The highest BCUT2D eigenvalue weighted by molar-refractivity contribution is 7.89. The van der Waals surface area contributed by atoms with Crippen molar-refractivity contribution in [3.05, 3.63) is 41.0 Å². The first-order chi connectivity index (χ1) is 12.7. The number of ether oxygens (including phenoxy) is 1. The lowest BCUT2D eigenvalue weighted by Crippen LogP contribution is -2.32. The maximum absolute atomic E-state index is 13.8. The van der Waals surface area contributed by atoms with Gasteiger partial charge in [-0.1, -0.05) is 11.2 Å². The van der Waals surface area contributed by atoms with Crippen LogP contribution in [-0.4, -0.2) is 33.1 Å². The van der Waals surface area contributed by atoms with Crippen LogP contribution >= 0.6 is 0 Å². The first-order valence-corrected chi connectivity index (χ1v) is 9.69. The van der Waals surface area contributed by atoms with Gasteiger partial charge < -0.3 is 14.6 Å². The van der Waals surface area contributed by atoms with Crippen LogP contribution in [0.15, 0.2) is 27.6 Å². The Bertz CT molecular complexity index is 907. The molecule has 0 saturated carbocycles. The molecule has 1 aromatic carbocycles. The summed E-state index contributed by atoms with van der Waals surface area (Å²) in [5.41, 5.74) is 0.817. The molecular formula is C17H22FN3O5S. The first-order valence-electron chi connectivity index (χ1n) is 8.21. The zero-order chi connectivity index (χ0) is 20.2. The van der Waals surface area contributed by atoms with Gasteiger partial charge in [0.25, 0.3) is 0 Å². The minimum Gasteiger partial charge on any atom is -0.494 e. The van der Waals surface area contributed by atoms with Gasteiger partial charge in [0.15, 0.2) is 17.3 Å². The largest absolute Gasteiger partial charge is 0.494 e. The van der Waals surface area contributed by atoms with Crippen LogP contribution in [0.25, 0.3) is 0 Å². The molecule has 0 aliphatic rings. The van der Waals surface area contributed by atoms with E-state index in [9.17, 15) is 17.6 Å². The monoisotopic (exact) mass is 399 g/mol. The Morgan fingerprint density at radius 3 is 2.63 bits per heavy atom. The molecule has 0 spiro atoms. The van der Waals surface area contributed by atoms with Gasteiger partial charge in [-0.15, -0.1) is 0 Å². The van der Waals surface area contributed by atoms with E-state index in [0.29, 0.717) is 5.56 Å². The maximum atomic E-state index is 13.8. The molecule has 0 unspecified atom stereocenters. The average Bonchev–Trinajstić information content (AvgIpc) is 2.93. The van der Waals surface area contributed by atoms with Crippen LogP contribution in [0.3, 0.4) is 0 Å². The van der Waals surface area contributed by atoms with Gasteiger partial charge in [-0.3, -0.25) is 4.79 Å². The lowest BCUT2D eigenvalue weighted by Gasteiger charge is -2.15. The molecule has 2 aromatic rings. The van der Waals surface area contributed by atoms with E-state index in [1.165, 1.54) is 33.1 Å². The van der Waals surface area contributed by atoms with Crippen molar-refractivity contribution in [2.75, 3.05) is 13.7 Å². The number of hydrogen-bond acceptors (Lipinski definition) is 6. The van der Waals surface area contributed by atoms with Gasteiger partial charge in [-0.05, 0) is 38.5 Å². The number of nitrogens with zero attached hydrogens (tertiary/aromatic N) is 1. The molecule has 148 valence electrons. The Labute approximate surface area is 157 Å². The van der Waals surface area contributed by atoms with Gasteiger partial charge in [-0.25, -0.2) is 17.5 Å². The smallest absolute Gasteiger partial charge is 0.245 e. The van der Waals surface area contributed by atoms with E-state index in [1.54, 1.807) is 13.0 Å². The van der Waals surface area contributed by atoms with Crippen LogP contribution in [-0.2, 0) is 14.8 Å². The number of methoxy groups -OCH3 is 1. The Hall–Kier alpha value is -2.46. The number of halogens is 1. The Morgan fingerprint density at radius 1 is 1.37 bits per heavy atom. The summed E-state index contributed by atoms with van der Waals surface area (Å²) >= 11 is 0. The summed E-state index contributed by atoms with van der Waals surface area (Å²) < 4.78 is 50.3. The average molecular weight is 399 g/mol. The van der Waals surface area contributed by atoms with E-state index >= 15 is 0 Å². The third-order valence-corrected chi connectivity index (χ3v) is 5.64. The maximum Gasteiger partial charge on any atom is 0.245 e. The van der Waals surface area contributed by atoms with Gasteiger partial charge in [-0.2, -0.15) is 0 Å². The summed E-state index contributed by atoms with van der Waals surface area (Å²) in [5, 5.41) is 6.30. The van der Waals surface area contributed by atoms with Crippen molar-refractivity contribution < 1.29 is 26.9 Å². The lowest BCUT2D eigenvalue weighted by atomic mass is 10.1. The summed E-state index contributed by atoms with van der Waals surface area (Å²) in [6.07, 6.45) is -0.0778. The van der Waals surface area contributed by atoms with Crippen LogP contribution in [0, 0.1) is 19.7 Å². The van der Waals surface area contributed by atoms with E-state index in [0.717, 1.165) is 0 Å². The quantitative estimate of drug-likeness (QED) is 0.702. The van der Waals surface area contributed by atoms with Gasteiger partial charge >= 0.3 is 0 Å². The molecule has 1 atom stereocenters. The number of sulfonamides is 1. The van der Waals surface area contributed by atoms with Crippen LogP contribution in [0.5, 0.6) is 5.75 Å². The predicted molar refractivity (Wildman–Crippen MR) is 95.3 cm³/mol. The summed E-state index contributed by atoms with van der Waals surface area (Å²) in [4.78, 5) is 12.0. The summed E-state index contributed by atoms with van der Waals surface area (Å²) in [5.74, 6) is -0.603. The van der Waals surface area contributed by atoms with E-state index in [4.69, 9.17) is 9.26 Å². The second-order valence-corrected chi connectivity index (χ2v) is 7.69. The van der Waals surface area contributed by atoms with E-state index < -0.39 is 21.9 Å². The lowest BCUT2D eigenvalue weighted by molar-refractivity contribution is -0.121. The molecule has 8 nitrogen and oxygen atoms in total. The van der Waals surface area contributed by atoms with Crippen molar-refractivity contribution >= 4 is 15.9 Å². The predicted octanol–water partition coefficient (Wildman–Crippen LogP) is 1.98. The van der Waals surface area contributed by atoms with Crippen LogP contribution in [0.1, 0.15) is 36.4 Å². The molecule has 27 heavy (non-hydrogen) atoms. The number of carbonyl (C=O) groups excluding carboxylic acids is 1. The van der Waals surface area contributed by atoms with Gasteiger partial charge in [0.05, 0.1) is 13.2 Å². The third kappa shape index (κ3) is 5.04. The normalized spacial score (nSPS) is 12.6. The summed E-state index contributed by atoms with van der Waals surface area (Å²) in [7, 11) is -2.45. The molecule has 2 rings (SSSR count). The topological polar surface area (TPSA) is 111 Å². The number of aromatic nitrogens is 1. The highest BCUT2D eigenvalue weighted by Gasteiger charge is 2.24. The molecule has 0 saturated heterocycles. The van der Waals surface area contributed by atoms with Gasteiger partial charge in [0, 0.05) is 13.0 Å². The second-order valence-electron chi connectivity index (χ2n) is 5.98. The summed E-state index contributed by atoms with van der Waals surface area (Å²) in [6, 6.07) is 3.96. The standard InChI is InChI=1S/C17H22FN3O5S/c1-10(13-5-6-15(25-4)14(18)9-13)20-16(22)7-8-19-27(23,24)17-11(2)21-26-12(17)3/h5-6,9-10,19H,7-8H2,1-4H3,(H,20,22)/t10-/m1/s1. The number of hydrogen-bond donors (Lipinski definition) is 2. The van der Waals surface area contributed by atoms with Crippen molar-refractivity contribution in [3.8, 4) is 5.75 Å². The number of aryl methyl sites for hydroxylation is 2. The fourth-order valence-electron chi connectivity index (χ4n) is 2.58.